The topological polar surface area (TPSA) is 47.6 Å². The molecule has 1 aliphatic carbocycles. The van der Waals surface area contributed by atoms with E-state index in [9.17, 15) is 4.57 Å². The first-order chi connectivity index (χ1) is 14.6. The molecule has 0 saturated heterocycles. The van der Waals surface area contributed by atoms with Crippen LogP contribution < -0.4 is 9.61 Å². The van der Waals surface area contributed by atoms with E-state index in [0.717, 1.165) is 24.0 Å². The van der Waals surface area contributed by atoms with Gasteiger partial charge in [0, 0.05) is 6.54 Å². The van der Waals surface area contributed by atoms with Crippen molar-refractivity contribution in [3.05, 3.63) is 107 Å². The Bertz CT molecular complexity index is 1060. The van der Waals surface area contributed by atoms with Crippen LogP contribution in [0.2, 0.25) is 0 Å². The molecule has 154 valence electrons. The lowest BCUT2D eigenvalue weighted by Gasteiger charge is -2.20. The van der Waals surface area contributed by atoms with Crippen LogP contribution in [-0.4, -0.2) is 6.54 Å². The van der Waals surface area contributed by atoms with Gasteiger partial charge in [-0.25, -0.2) is 9.65 Å². The summed E-state index contributed by atoms with van der Waals surface area (Å²) in [4.78, 5) is 0. The molecule has 0 amide bonds. The second kappa shape index (κ2) is 9.44. The number of nitrogens with one attached hydrogen (secondary N) is 1. The predicted molar refractivity (Wildman–Crippen MR) is 121 cm³/mol. The maximum atomic E-state index is 13.5. The van der Waals surface area contributed by atoms with Gasteiger partial charge in [0.15, 0.2) is 0 Å². The highest BCUT2D eigenvalue weighted by Crippen LogP contribution is 2.45. The van der Waals surface area contributed by atoms with E-state index in [1.807, 2.05) is 61.5 Å². The third kappa shape index (κ3) is 5.28. The quantitative estimate of drug-likeness (QED) is 0.413. The van der Waals surface area contributed by atoms with E-state index in [2.05, 4.69) is 35.4 Å². The molecule has 3 aromatic rings. The number of benzene rings is 3. The number of hydrogen-bond donors (Lipinski definition) is 1. The van der Waals surface area contributed by atoms with Crippen molar-refractivity contribution in [3.8, 4) is 5.75 Å². The molecule has 0 saturated carbocycles. The third-order valence-corrected chi connectivity index (χ3v) is 6.65. The van der Waals surface area contributed by atoms with Crippen molar-refractivity contribution in [2.45, 2.75) is 26.4 Å². The SMILES string of the molecule is Cc1ccc(OP(=O)(NCCC2=CCc3ccccc32)OCc2ccccc2)cc1. The molecule has 30 heavy (non-hydrogen) atoms. The summed E-state index contributed by atoms with van der Waals surface area (Å²) >= 11 is 0. The summed E-state index contributed by atoms with van der Waals surface area (Å²) < 4.78 is 25.1. The predicted octanol–water partition coefficient (Wildman–Crippen LogP) is 6.32. The van der Waals surface area contributed by atoms with Gasteiger partial charge in [0.2, 0.25) is 0 Å². The normalized spacial score (nSPS) is 14.6. The van der Waals surface area contributed by atoms with Gasteiger partial charge in [-0.3, -0.25) is 4.52 Å². The average Bonchev–Trinajstić information content (AvgIpc) is 3.18. The Morgan fingerprint density at radius 1 is 0.933 bits per heavy atom. The van der Waals surface area contributed by atoms with Crippen LogP contribution in [0, 0.1) is 6.92 Å². The molecule has 0 radical (unpaired) electrons. The van der Waals surface area contributed by atoms with Crippen LogP contribution >= 0.6 is 7.75 Å². The molecule has 3 aromatic carbocycles. The van der Waals surface area contributed by atoms with Crippen molar-refractivity contribution < 1.29 is 13.6 Å². The number of allylic oxidation sites excluding steroid dienone is 1. The van der Waals surface area contributed by atoms with Crippen LogP contribution in [0.4, 0.5) is 0 Å². The molecule has 4 nitrogen and oxygen atoms in total. The summed E-state index contributed by atoms with van der Waals surface area (Å²) in [6, 6.07) is 25.6. The summed E-state index contributed by atoms with van der Waals surface area (Å²) in [5, 5.41) is 3.06. The molecule has 0 spiro atoms. The van der Waals surface area contributed by atoms with Crippen LogP contribution in [0.25, 0.3) is 5.57 Å². The van der Waals surface area contributed by atoms with Crippen molar-refractivity contribution in [2.75, 3.05) is 6.54 Å². The number of rotatable bonds is 9. The second-order valence-electron chi connectivity index (χ2n) is 7.41. The fourth-order valence-electron chi connectivity index (χ4n) is 3.49. The Kier molecular flexibility index (Phi) is 6.49. The Morgan fingerprint density at radius 3 is 2.47 bits per heavy atom. The largest absolute Gasteiger partial charge is 0.459 e. The van der Waals surface area contributed by atoms with E-state index >= 15 is 0 Å². The summed E-state index contributed by atoms with van der Waals surface area (Å²) in [6.07, 6.45) is 3.95. The standard InChI is InChI=1S/C25H26NO3P/c1-20-11-15-24(16-12-20)29-30(27,28-19-21-7-3-2-4-8-21)26-18-17-23-14-13-22-9-5-6-10-25(22)23/h2-12,14-16H,13,17-19H2,1H3,(H,26,27). The van der Waals surface area contributed by atoms with E-state index < -0.39 is 7.75 Å². The lowest BCUT2D eigenvalue weighted by atomic mass is 10.0. The van der Waals surface area contributed by atoms with Gasteiger partial charge in [0.05, 0.1) is 6.61 Å². The number of hydrogen-bond acceptors (Lipinski definition) is 3. The molecule has 0 aliphatic heterocycles. The lowest BCUT2D eigenvalue weighted by molar-refractivity contribution is 0.246. The average molecular weight is 419 g/mol. The maximum absolute atomic E-state index is 13.5. The van der Waals surface area contributed by atoms with Crippen LogP contribution in [0.5, 0.6) is 5.75 Å². The summed E-state index contributed by atoms with van der Waals surface area (Å²) in [5.74, 6) is 0.523. The summed E-state index contributed by atoms with van der Waals surface area (Å²) in [6.45, 7) is 2.71. The summed E-state index contributed by atoms with van der Waals surface area (Å²) in [7, 11) is -3.54. The molecule has 1 aliphatic rings. The first kappa shape index (κ1) is 20.6. The Balaban J connectivity index is 1.42. The molecule has 1 unspecified atom stereocenters. The third-order valence-electron chi connectivity index (χ3n) is 5.12. The molecule has 0 bridgehead atoms. The van der Waals surface area contributed by atoms with E-state index in [0.29, 0.717) is 12.3 Å². The highest BCUT2D eigenvalue weighted by molar-refractivity contribution is 7.52. The van der Waals surface area contributed by atoms with Crippen molar-refractivity contribution in [1.82, 2.24) is 5.09 Å². The Labute approximate surface area is 178 Å². The lowest BCUT2D eigenvalue weighted by Crippen LogP contribution is -2.18. The van der Waals surface area contributed by atoms with Crippen LogP contribution in [-0.2, 0) is 22.1 Å². The zero-order chi connectivity index (χ0) is 20.8. The van der Waals surface area contributed by atoms with Gasteiger partial charge in [-0.1, -0.05) is 78.4 Å². The fraction of sp³-hybridized carbons (Fsp3) is 0.200. The van der Waals surface area contributed by atoms with E-state index in [-0.39, 0.29) is 6.61 Å². The van der Waals surface area contributed by atoms with Crippen LogP contribution in [0.3, 0.4) is 0 Å². The van der Waals surface area contributed by atoms with Gasteiger partial charge in [-0.15, -0.1) is 0 Å². The minimum atomic E-state index is -3.54. The molecule has 0 aromatic heterocycles. The van der Waals surface area contributed by atoms with Crippen molar-refractivity contribution in [1.29, 1.82) is 0 Å². The summed E-state index contributed by atoms with van der Waals surface area (Å²) in [5.41, 5.74) is 5.94. The van der Waals surface area contributed by atoms with Crippen molar-refractivity contribution in [2.24, 2.45) is 0 Å². The van der Waals surface area contributed by atoms with Gasteiger partial charge >= 0.3 is 7.75 Å². The molecule has 1 atom stereocenters. The van der Waals surface area contributed by atoms with Gasteiger partial charge in [-0.2, -0.15) is 0 Å². The van der Waals surface area contributed by atoms with E-state index in [1.165, 1.54) is 16.7 Å². The van der Waals surface area contributed by atoms with Crippen LogP contribution in [0.1, 0.15) is 28.7 Å². The number of aryl methyl sites for hydroxylation is 1. The molecular formula is C25H26NO3P. The Morgan fingerprint density at radius 2 is 1.67 bits per heavy atom. The zero-order valence-corrected chi connectivity index (χ0v) is 18.0. The van der Waals surface area contributed by atoms with Gasteiger partial charge in [-0.05, 0) is 54.2 Å². The monoisotopic (exact) mass is 419 g/mol. The highest BCUT2D eigenvalue weighted by Gasteiger charge is 2.27. The zero-order valence-electron chi connectivity index (χ0n) is 17.1. The van der Waals surface area contributed by atoms with E-state index in [4.69, 9.17) is 9.05 Å². The first-order valence-electron chi connectivity index (χ1n) is 10.2. The highest BCUT2D eigenvalue weighted by atomic mass is 31.2. The smallest absolute Gasteiger partial charge is 0.413 e. The molecule has 0 fully saturated rings. The number of fused-ring (bicyclic) bond motifs is 1. The van der Waals surface area contributed by atoms with Crippen molar-refractivity contribution in [3.63, 3.8) is 0 Å². The van der Waals surface area contributed by atoms with Gasteiger partial charge < -0.3 is 4.52 Å². The molecule has 5 heteroatoms. The van der Waals surface area contributed by atoms with E-state index in [1.54, 1.807) is 0 Å². The molecule has 1 N–H and O–H groups in total. The van der Waals surface area contributed by atoms with Crippen LogP contribution in [0.15, 0.2) is 84.9 Å². The minimum absolute atomic E-state index is 0.211. The van der Waals surface area contributed by atoms with Gasteiger partial charge in [0.1, 0.15) is 5.75 Å². The molecule has 0 heterocycles. The molecule has 4 rings (SSSR count). The fourth-order valence-corrected chi connectivity index (χ4v) is 4.81. The maximum Gasteiger partial charge on any atom is 0.459 e. The van der Waals surface area contributed by atoms with Gasteiger partial charge in [0.25, 0.3) is 0 Å². The minimum Gasteiger partial charge on any atom is -0.413 e. The second-order valence-corrected chi connectivity index (χ2v) is 9.16. The molecular weight excluding hydrogens is 393 g/mol. The first-order valence-corrected chi connectivity index (χ1v) is 11.7. The Hall–Kier alpha value is -2.65. The van der Waals surface area contributed by atoms with Crippen molar-refractivity contribution >= 4 is 13.3 Å².